The predicted molar refractivity (Wildman–Crippen MR) is 72.2 cm³/mol. The van der Waals surface area contributed by atoms with Crippen LogP contribution < -0.4 is 4.74 Å². The molecule has 0 aliphatic rings. The third kappa shape index (κ3) is 4.96. The number of carbonyl (C=O) groups is 1. The molecule has 0 fully saturated rings. The monoisotopic (exact) mass is 270 g/mol. The van der Waals surface area contributed by atoms with Gasteiger partial charge in [0, 0.05) is 5.02 Å². The van der Waals surface area contributed by atoms with Gasteiger partial charge in [0.15, 0.2) is 6.10 Å². The van der Waals surface area contributed by atoms with Gasteiger partial charge in [0.25, 0.3) is 0 Å². The Morgan fingerprint density at radius 1 is 1.33 bits per heavy atom. The van der Waals surface area contributed by atoms with E-state index in [9.17, 15) is 4.79 Å². The maximum Gasteiger partial charge on any atom is 0.344 e. The van der Waals surface area contributed by atoms with Crippen molar-refractivity contribution in [2.45, 2.75) is 39.2 Å². The molecule has 1 aromatic rings. The average molecular weight is 271 g/mol. The molecule has 0 aromatic heterocycles. The maximum absolute atomic E-state index is 11.1. The molecule has 1 N–H and O–H groups in total. The lowest BCUT2D eigenvalue weighted by molar-refractivity contribution is -0.145. The molecule has 0 aliphatic carbocycles. The summed E-state index contributed by atoms with van der Waals surface area (Å²) in [7, 11) is 0. The highest BCUT2D eigenvalue weighted by atomic mass is 35.5. The Labute approximate surface area is 113 Å². The Hall–Kier alpha value is -1.22. The van der Waals surface area contributed by atoms with Crippen molar-refractivity contribution >= 4 is 17.6 Å². The molecule has 3 nitrogen and oxygen atoms in total. The number of ether oxygens (including phenoxy) is 1. The topological polar surface area (TPSA) is 46.5 Å². The molecular formula is C14H19ClO3. The first-order chi connectivity index (χ1) is 8.52. The third-order valence-corrected chi connectivity index (χ3v) is 3.24. The summed E-state index contributed by atoms with van der Waals surface area (Å²) in [6, 6.07) is 6.73. The number of halogens is 1. The second kappa shape index (κ2) is 7.27. The Morgan fingerprint density at radius 2 is 1.94 bits per heavy atom. The number of benzene rings is 1. The van der Waals surface area contributed by atoms with Gasteiger partial charge in [0.05, 0.1) is 0 Å². The number of carboxylic acid groups (broad SMARTS) is 1. The second-order valence-electron chi connectivity index (χ2n) is 4.49. The first-order valence-corrected chi connectivity index (χ1v) is 6.55. The largest absolute Gasteiger partial charge is 0.479 e. The zero-order valence-corrected chi connectivity index (χ0v) is 11.5. The zero-order valence-electron chi connectivity index (χ0n) is 10.7. The van der Waals surface area contributed by atoms with E-state index in [0.29, 0.717) is 23.1 Å². The molecule has 1 aromatic carbocycles. The lowest BCUT2D eigenvalue weighted by Gasteiger charge is -2.17. The molecule has 0 aliphatic heterocycles. The van der Waals surface area contributed by atoms with Gasteiger partial charge >= 0.3 is 5.97 Å². The minimum atomic E-state index is -0.923. The fourth-order valence-corrected chi connectivity index (χ4v) is 1.68. The molecule has 0 bridgehead atoms. The predicted octanol–water partition coefficient (Wildman–Crippen LogP) is 4.00. The SMILES string of the molecule is CCC(C)CCC(Oc1ccc(Cl)cc1)C(=O)O. The molecule has 1 rings (SSSR count). The van der Waals surface area contributed by atoms with E-state index in [1.54, 1.807) is 24.3 Å². The van der Waals surface area contributed by atoms with Crippen LogP contribution in [0.1, 0.15) is 33.1 Å². The van der Waals surface area contributed by atoms with E-state index in [0.717, 1.165) is 12.8 Å². The molecule has 2 atom stereocenters. The van der Waals surface area contributed by atoms with Gasteiger partial charge in [0.2, 0.25) is 0 Å². The zero-order chi connectivity index (χ0) is 13.5. The van der Waals surface area contributed by atoms with Crippen LogP contribution in [0.25, 0.3) is 0 Å². The van der Waals surface area contributed by atoms with Crippen LogP contribution in [0.5, 0.6) is 5.75 Å². The Morgan fingerprint density at radius 3 is 2.44 bits per heavy atom. The van der Waals surface area contributed by atoms with E-state index in [-0.39, 0.29) is 0 Å². The molecule has 4 heteroatoms. The number of aliphatic carboxylic acids is 1. The van der Waals surface area contributed by atoms with E-state index in [2.05, 4.69) is 13.8 Å². The maximum atomic E-state index is 11.1. The number of hydrogen-bond acceptors (Lipinski definition) is 2. The minimum absolute atomic E-state index is 0.515. The number of hydrogen-bond donors (Lipinski definition) is 1. The van der Waals surface area contributed by atoms with Crippen LogP contribution in [-0.2, 0) is 4.79 Å². The van der Waals surface area contributed by atoms with Gasteiger partial charge in [0.1, 0.15) is 5.75 Å². The summed E-state index contributed by atoms with van der Waals surface area (Å²) in [5.41, 5.74) is 0. The van der Waals surface area contributed by atoms with Gasteiger partial charge < -0.3 is 9.84 Å². The van der Waals surface area contributed by atoms with Crippen molar-refractivity contribution in [2.24, 2.45) is 5.92 Å². The van der Waals surface area contributed by atoms with E-state index in [1.165, 1.54) is 0 Å². The van der Waals surface area contributed by atoms with Gasteiger partial charge in [-0.2, -0.15) is 0 Å². The van der Waals surface area contributed by atoms with Crippen molar-refractivity contribution in [1.82, 2.24) is 0 Å². The molecule has 100 valence electrons. The lowest BCUT2D eigenvalue weighted by Crippen LogP contribution is -2.27. The van der Waals surface area contributed by atoms with Crippen molar-refractivity contribution in [3.05, 3.63) is 29.3 Å². The summed E-state index contributed by atoms with van der Waals surface area (Å²) in [4.78, 5) is 11.1. The molecule has 18 heavy (non-hydrogen) atoms. The summed E-state index contributed by atoms with van der Waals surface area (Å²) in [6.07, 6.45) is 1.63. The van der Waals surface area contributed by atoms with Gasteiger partial charge in [-0.3, -0.25) is 0 Å². The molecule has 0 amide bonds. The van der Waals surface area contributed by atoms with Crippen LogP contribution in [0.3, 0.4) is 0 Å². The van der Waals surface area contributed by atoms with Crippen molar-refractivity contribution in [3.8, 4) is 5.75 Å². The van der Waals surface area contributed by atoms with Crippen molar-refractivity contribution in [1.29, 1.82) is 0 Å². The summed E-state index contributed by atoms with van der Waals surface area (Å²) >= 11 is 5.76. The minimum Gasteiger partial charge on any atom is -0.479 e. The highest BCUT2D eigenvalue weighted by molar-refractivity contribution is 6.30. The summed E-state index contributed by atoms with van der Waals surface area (Å²) < 4.78 is 5.47. The van der Waals surface area contributed by atoms with Gasteiger partial charge in [-0.25, -0.2) is 4.79 Å². The van der Waals surface area contributed by atoms with Crippen molar-refractivity contribution < 1.29 is 14.6 Å². The molecule has 0 radical (unpaired) electrons. The van der Waals surface area contributed by atoms with E-state index >= 15 is 0 Å². The normalized spacial score (nSPS) is 13.9. The van der Waals surface area contributed by atoms with E-state index in [4.69, 9.17) is 21.4 Å². The van der Waals surface area contributed by atoms with Crippen molar-refractivity contribution in [2.75, 3.05) is 0 Å². The average Bonchev–Trinajstić information content (AvgIpc) is 2.35. The molecule has 0 saturated heterocycles. The lowest BCUT2D eigenvalue weighted by atomic mass is 10.0. The van der Waals surface area contributed by atoms with E-state index in [1.807, 2.05) is 0 Å². The molecule has 0 heterocycles. The van der Waals surface area contributed by atoms with Crippen LogP contribution in [0.4, 0.5) is 0 Å². The second-order valence-corrected chi connectivity index (χ2v) is 4.93. The van der Waals surface area contributed by atoms with E-state index < -0.39 is 12.1 Å². The summed E-state index contributed by atoms with van der Waals surface area (Å²) in [5, 5.41) is 9.73. The standard InChI is InChI=1S/C14H19ClO3/c1-3-10(2)4-9-13(14(16)17)18-12-7-5-11(15)6-8-12/h5-8,10,13H,3-4,9H2,1-2H3,(H,16,17). The number of carboxylic acids is 1. The summed E-state index contributed by atoms with van der Waals surface area (Å²) in [6.45, 7) is 4.21. The van der Waals surface area contributed by atoms with Crippen LogP contribution in [0.15, 0.2) is 24.3 Å². The fourth-order valence-electron chi connectivity index (χ4n) is 1.55. The van der Waals surface area contributed by atoms with Crippen LogP contribution in [0.2, 0.25) is 5.02 Å². The number of rotatable bonds is 7. The highest BCUT2D eigenvalue weighted by Gasteiger charge is 2.19. The van der Waals surface area contributed by atoms with Crippen molar-refractivity contribution in [3.63, 3.8) is 0 Å². The third-order valence-electron chi connectivity index (χ3n) is 2.99. The molecular weight excluding hydrogens is 252 g/mol. The van der Waals surface area contributed by atoms with Gasteiger partial charge in [-0.1, -0.05) is 31.9 Å². The fraction of sp³-hybridized carbons (Fsp3) is 0.500. The Kier molecular flexibility index (Phi) is 5.99. The summed E-state index contributed by atoms with van der Waals surface area (Å²) in [5.74, 6) is 0.130. The Balaban J connectivity index is 2.57. The Bertz CT molecular complexity index is 375. The molecule has 0 spiro atoms. The van der Waals surface area contributed by atoms with Crippen LogP contribution >= 0.6 is 11.6 Å². The quantitative estimate of drug-likeness (QED) is 0.815. The van der Waals surface area contributed by atoms with Gasteiger partial charge in [-0.05, 0) is 43.0 Å². The van der Waals surface area contributed by atoms with Gasteiger partial charge in [-0.15, -0.1) is 0 Å². The molecule has 0 saturated carbocycles. The van der Waals surface area contributed by atoms with Crippen LogP contribution in [-0.4, -0.2) is 17.2 Å². The first-order valence-electron chi connectivity index (χ1n) is 6.18. The first kappa shape index (κ1) is 14.8. The smallest absolute Gasteiger partial charge is 0.344 e. The van der Waals surface area contributed by atoms with Crippen LogP contribution in [0, 0.1) is 5.92 Å². The molecule has 2 unspecified atom stereocenters. The highest BCUT2D eigenvalue weighted by Crippen LogP contribution is 2.20.